The van der Waals surface area contributed by atoms with E-state index >= 15 is 0 Å². The number of aromatic nitrogens is 2. The van der Waals surface area contributed by atoms with E-state index in [1.165, 1.54) is 5.56 Å². The predicted molar refractivity (Wildman–Crippen MR) is 129 cm³/mol. The molecule has 5 aromatic rings. The monoisotopic (exact) mass is 421 g/mol. The smallest absolute Gasteiger partial charge is 0.173 e. The molecule has 0 saturated heterocycles. The Kier molecular flexibility index (Phi) is 5.21. The third kappa shape index (κ3) is 4.34. The van der Waals surface area contributed by atoms with Crippen LogP contribution in [0, 0.1) is 6.92 Å². The maximum Gasteiger partial charge on any atom is 0.173 e. The van der Waals surface area contributed by atoms with Crippen LogP contribution in [0.15, 0.2) is 95.0 Å². The van der Waals surface area contributed by atoms with Gasteiger partial charge in [-0.05, 0) is 43.3 Å². The van der Waals surface area contributed by atoms with Gasteiger partial charge in [-0.3, -0.25) is 5.43 Å². The van der Waals surface area contributed by atoms with Gasteiger partial charge in [-0.2, -0.15) is 5.10 Å². The second kappa shape index (κ2) is 8.45. The number of para-hydroxylation sites is 2. The molecule has 3 aromatic carbocycles. The van der Waals surface area contributed by atoms with Crippen molar-refractivity contribution in [3.8, 4) is 0 Å². The molecular weight excluding hydrogens is 402 g/mol. The number of aryl methyl sites for hydroxylation is 1. The Morgan fingerprint density at radius 1 is 0.839 bits per heavy atom. The Morgan fingerprint density at radius 2 is 1.61 bits per heavy atom. The van der Waals surface area contributed by atoms with Crippen LogP contribution in [0.5, 0.6) is 0 Å². The van der Waals surface area contributed by atoms with Crippen molar-refractivity contribution < 1.29 is 0 Å². The minimum atomic E-state index is 0.576. The summed E-state index contributed by atoms with van der Waals surface area (Å²) in [5.41, 5.74) is 7.70. The highest BCUT2D eigenvalue weighted by molar-refractivity contribution is 7.20. The molecule has 0 aliphatic carbocycles. The molecular formula is C25H19N5S. The number of hydrogen-bond acceptors (Lipinski definition) is 5. The SMILES string of the molecule is Cc1ccc(N=C(NN=Cc2nc3ccccc3s2)c2ccc3ccccc3n2)cc1. The number of aliphatic imine (C=N–C) groups is 1. The van der Waals surface area contributed by atoms with E-state index in [0.29, 0.717) is 5.84 Å². The Bertz CT molecular complexity index is 1380. The van der Waals surface area contributed by atoms with Crippen LogP contribution in [0.1, 0.15) is 16.3 Å². The van der Waals surface area contributed by atoms with Crippen molar-refractivity contribution in [2.45, 2.75) is 6.92 Å². The highest BCUT2D eigenvalue weighted by Gasteiger charge is 2.07. The Hall–Kier alpha value is -3.90. The number of benzene rings is 3. The first-order valence-electron chi connectivity index (χ1n) is 9.91. The van der Waals surface area contributed by atoms with Crippen LogP contribution < -0.4 is 5.43 Å². The molecule has 0 spiro atoms. The van der Waals surface area contributed by atoms with Gasteiger partial charge in [-0.1, -0.05) is 54.1 Å². The zero-order valence-corrected chi connectivity index (χ0v) is 17.7. The highest BCUT2D eigenvalue weighted by atomic mass is 32.1. The van der Waals surface area contributed by atoms with Crippen LogP contribution >= 0.6 is 11.3 Å². The predicted octanol–water partition coefficient (Wildman–Crippen LogP) is 5.85. The van der Waals surface area contributed by atoms with Crippen molar-refractivity contribution in [1.82, 2.24) is 15.4 Å². The van der Waals surface area contributed by atoms with Gasteiger partial charge in [0.2, 0.25) is 0 Å². The lowest BCUT2D eigenvalue weighted by Crippen LogP contribution is -2.20. The topological polar surface area (TPSA) is 62.5 Å². The molecule has 6 heteroatoms. The van der Waals surface area contributed by atoms with E-state index in [9.17, 15) is 0 Å². The number of nitrogens with one attached hydrogen (secondary N) is 1. The second-order valence-electron chi connectivity index (χ2n) is 7.07. The summed E-state index contributed by atoms with van der Waals surface area (Å²) in [6.45, 7) is 2.06. The van der Waals surface area contributed by atoms with Gasteiger partial charge in [-0.25, -0.2) is 15.0 Å². The molecule has 0 aliphatic rings. The molecule has 0 bridgehead atoms. The fourth-order valence-corrected chi connectivity index (χ4v) is 4.02. The van der Waals surface area contributed by atoms with Gasteiger partial charge in [0.05, 0.1) is 27.6 Å². The molecule has 5 nitrogen and oxygen atoms in total. The van der Waals surface area contributed by atoms with Gasteiger partial charge in [0.15, 0.2) is 5.84 Å². The summed E-state index contributed by atoms with van der Waals surface area (Å²) >= 11 is 1.60. The number of thiazole rings is 1. The molecule has 1 N–H and O–H groups in total. The maximum atomic E-state index is 4.77. The summed E-state index contributed by atoms with van der Waals surface area (Å²) in [4.78, 5) is 14.1. The minimum absolute atomic E-state index is 0.576. The lowest BCUT2D eigenvalue weighted by atomic mass is 10.2. The normalized spacial score (nSPS) is 12.1. The van der Waals surface area contributed by atoms with Crippen LogP contribution in [0.3, 0.4) is 0 Å². The van der Waals surface area contributed by atoms with Crippen LogP contribution in [-0.2, 0) is 0 Å². The molecule has 0 aliphatic heterocycles. The summed E-state index contributed by atoms with van der Waals surface area (Å²) in [7, 11) is 0. The van der Waals surface area contributed by atoms with Crippen molar-refractivity contribution in [3.05, 3.63) is 101 Å². The van der Waals surface area contributed by atoms with E-state index in [-0.39, 0.29) is 0 Å². The van der Waals surface area contributed by atoms with Crippen LogP contribution in [0.2, 0.25) is 0 Å². The van der Waals surface area contributed by atoms with E-state index < -0.39 is 0 Å². The molecule has 0 atom stereocenters. The molecule has 150 valence electrons. The average Bonchev–Trinajstić information content (AvgIpc) is 3.22. The second-order valence-corrected chi connectivity index (χ2v) is 8.14. The van der Waals surface area contributed by atoms with E-state index in [4.69, 9.17) is 9.98 Å². The first-order valence-corrected chi connectivity index (χ1v) is 10.7. The van der Waals surface area contributed by atoms with Crippen LogP contribution in [0.25, 0.3) is 21.1 Å². The maximum absolute atomic E-state index is 4.77. The molecule has 0 amide bonds. The van der Waals surface area contributed by atoms with Crippen molar-refractivity contribution >= 4 is 50.2 Å². The zero-order chi connectivity index (χ0) is 21.0. The number of fused-ring (bicyclic) bond motifs is 2. The fraction of sp³-hybridized carbons (Fsp3) is 0.0400. The average molecular weight is 422 g/mol. The van der Waals surface area contributed by atoms with Gasteiger partial charge in [0.25, 0.3) is 0 Å². The largest absolute Gasteiger partial charge is 0.259 e. The van der Waals surface area contributed by atoms with Gasteiger partial charge in [0, 0.05) is 5.39 Å². The van der Waals surface area contributed by atoms with Crippen LogP contribution in [-0.4, -0.2) is 22.0 Å². The number of hydrazone groups is 1. The Morgan fingerprint density at radius 3 is 2.45 bits per heavy atom. The lowest BCUT2D eigenvalue weighted by Gasteiger charge is -2.07. The summed E-state index contributed by atoms with van der Waals surface area (Å²) in [6, 6.07) is 28.1. The molecule has 2 aromatic heterocycles. The van der Waals surface area contributed by atoms with Crippen molar-refractivity contribution in [2.24, 2.45) is 10.1 Å². The lowest BCUT2D eigenvalue weighted by molar-refractivity contribution is 1.02. The van der Waals surface area contributed by atoms with E-state index in [0.717, 1.165) is 37.5 Å². The van der Waals surface area contributed by atoms with Gasteiger partial charge in [0.1, 0.15) is 10.7 Å². The number of amidine groups is 1. The molecule has 0 fully saturated rings. The van der Waals surface area contributed by atoms with E-state index in [1.807, 2.05) is 78.9 Å². The van der Waals surface area contributed by atoms with Gasteiger partial charge >= 0.3 is 0 Å². The first-order chi connectivity index (χ1) is 15.2. The number of hydrogen-bond donors (Lipinski definition) is 1. The molecule has 0 unspecified atom stereocenters. The van der Waals surface area contributed by atoms with E-state index in [1.54, 1.807) is 17.6 Å². The van der Waals surface area contributed by atoms with Crippen molar-refractivity contribution in [2.75, 3.05) is 0 Å². The Balaban J connectivity index is 1.48. The van der Waals surface area contributed by atoms with Crippen molar-refractivity contribution in [3.63, 3.8) is 0 Å². The molecule has 0 saturated carbocycles. The summed E-state index contributed by atoms with van der Waals surface area (Å²) in [6.07, 6.45) is 1.72. The number of nitrogens with zero attached hydrogens (tertiary/aromatic N) is 4. The minimum Gasteiger partial charge on any atom is -0.259 e. The quantitative estimate of drug-likeness (QED) is 0.225. The molecule has 5 rings (SSSR count). The first kappa shape index (κ1) is 19.1. The third-order valence-corrected chi connectivity index (χ3v) is 5.74. The summed E-state index contributed by atoms with van der Waals surface area (Å²) in [5.74, 6) is 0.576. The Labute approximate surface area is 183 Å². The zero-order valence-electron chi connectivity index (χ0n) is 16.9. The van der Waals surface area contributed by atoms with Crippen molar-refractivity contribution in [1.29, 1.82) is 0 Å². The molecule has 31 heavy (non-hydrogen) atoms. The molecule has 2 heterocycles. The standard InChI is InChI=1S/C25H19N5S/c1-17-10-13-19(14-11-17)27-25(22-15-12-18-6-2-3-7-20(18)28-22)30-26-16-24-29-21-8-4-5-9-23(21)31-24/h2-16H,1H3,(H,27,30). The number of pyridine rings is 1. The third-order valence-electron chi connectivity index (χ3n) is 4.77. The van der Waals surface area contributed by atoms with Crippen LogP contribution in [0.4, 0.5) is 5.69 Å². The van der Waals surface area contributed by atoms with Gasteiger partial charge < -0.3 is 0 Å². The van der Waals surface area contributed by atoms with Gasteiger partial charge in [-0.15, -0.1) is 11.3 Å². The van der Waals surface area contributed by atoms with E-state index in [2.05, 4.69) is 28.5 Å². The number of rotatable bonds is 4. The summed E-state index contributed by atoms with van der Waals surface area (Å²) in [5, 5.41) is 6.32. The fourth-order valence-electron chi connectivity index (χ4n) is 3.18. The summed E-state index contributed by atoms with van der Waals surface area (Å²) < 4.78 is 1.13. The highest BCUT2D eigenvalue weighted by Crippen LogP contribution is 2.20. The molecule has 0 radical (unpaired) electrons.